The van der Waals surface area contributed by atoms with Crippen LogP contribution in [-0.2, 0) is 11.3 Å². The predicted octanol–water partition coefficient (Wildman–Crippen LogP) is 3.02. The van der Waals surface area contributed by atoms with E-state index in [-0.39, 0.29) is 12.1 Å². The van der Waals surface area contributed by atoms with Crippen LogP contribution in [0.5, 0.6) is 0 Å². The number of nitrogens with zero attached hydrogens (tertiary/aromatic N) is 6. The topological polar surface area (TPSA) is 59.3 Å². The summed E-state index contributed by atoms with van der Waals surface area (Å²) in [6.45, 7) is 9.98. The van der Waals surface area contributed by atoms with Crippen LogP contribution < -0.4 is 4.90 Å². The van der Waals surface area contributed by atoms with E-state index in [9.17, 15) is 0 Å². The molecule has 1 aromatic heterocycles. The molecule has 2 aliphatic heterocycles. The number of hydrogen-bond acceptors (Lipinski definition) is 6. The number of anilines is 1. The Kier molecular flexibility index (Phi) is 6.13. The molecule has 2 atom stereocenters. The molecule has 0 saturated carbocycles. The van der Waals surface area contributed by atoms with Crippen LogP contribution in [0.1, 0.15) is 38.6 Å². The zero-order valence-corrected chi connectivity index (χ0v) is 17.4. The molecule has 0 amide bonds. The first kappa shape index (κ1) is 19.6. The first-order valence-corrected chi connectivity index (χ1v) is 10.6. The number of tetrazole rings is 1. The smallest absolute Gasteiger partial charge is 0.168 e. The number of ether oxygens (including phenoxy) is 1. The molecule has 0 bridgehead atoms. The summed E-state index contributed by atoms with van der Waals surface area (Å²) in [5.74, 6) is 1.38. The Balaban J connectivity index is 1.45. The van der Waals surface area contributed by atoms with Gasteiger partial charge in [0.2, 0.25) is 0 Å². The van der Waals surface area contributed by atoms with Crippen molar-refractivity contribution in [3.8, 4) is 0 Å². The Morgan fingerprint density at radius 1 is 1.21 bits per heavy atom. The summed E-state index contributed by atoms with van der Waals surface area (Å²) in [5, 5.41) is 13.5. The molecule has 2 fully saturated rings. The molecule has 152 valence electrons. The molecule has 2 saturated heterocycles. The van der Waals surface area contributed by atoms with Gasteiger partial charge in [-0.05, 0) is 47.4 Å². The first-order valence-electron chi connectivity index (χ1n) is 10.2. The van der Waals surface area contributed by atoms with Crippen LogP contribution in [0.25, 0.3) is 0 Å². The third-order valence-electron chi connectivity index (χ3n) is 5.74. The highest BCUT2D eigenvalue weighted by atomic mass is 35.5. The minimum Gasteiger partial charge on any atom is -0.376 e. The summed E-state index contributed by atoms with van der Waals surface area (Å²) in [7, 11) is 0. The van der Waals surface area contributed by atoms with Crippen molar-refractivity contribution in [1.29, 1.82) is 0 Å². The maximum atomic E-state index is 6.17. The van der Waals surface area contributed by atoms with Gasteiger partial charge in [-0.15, -0.1) is 5.10 Å². The Morgan fingerprint density at radius 3 is 2.71 bits per heavy atom. The predicted molar refractivity (Wildman–Crippen MR) is 110 cm³/mol. The van der Waals surface area contributed by atoms with E-state index in [1.807, 2.05) is 22.9 Å². The van der Waals surface area contributed by atoms with Gasteiger partial charge in [-0.2, -0.15) is 0 Å². The van der Waals surface area contributed by atoms with Gasteiger partial charge in [0.25, 0.3) is 0 Å². The van der Waals surface area contributed by atoms with E-state index >= 15 is 0 Å². The summed E-state index contributed by atoms with van der Waals surface area (Å²) in [6.07, 6.45) is 2.44. The van der Waals surface area contributed by atoms with Gasteiger partial charge < -0.3 is 9.64 Å². The molecule has 8 heteroatoms. The average molecular weight is 405 g/mol. The number of halogens is 1. The lowest BCUT2D eigenvalue weighted by molar-refractivity contribution is 0.0865. The Hall–Kier alpha value is -1.70. The quantitative estimate of drug-likeness (QED) is 0.737. The van der Waals surface area contributed by atoms with Crippen LogP contribution in [0.3, 0.4) is 0 Å². The average Bonchev–Trinajstić information content (AvgIpc) is 3.35. The van der Waals surface area contributed by atoms with Crippen LogP contribution in [0, 0.1) is 5.92 Å². The second-order valence-electron chi connectivity index (χ2n) is 8.05. The molecular weight excluding hydrogens is 376 g/mol. The van der Waals surface area contributed by atoms with E-state index in [1.165, 1.54) is 5.69 Å². The highest BCUT2D eigenvalue weighted by Gasteiger charge is 2.32. The zero-order valence-electron chi connectivity index (χ0n) is 16.7. The molecule has 7 nitrogen and oxygen atoms in total. The van der Waals surface area contributed by atoms with E-state index in [0.29, 0.717) is 5.92 Å². The summed E-state index contributed by atoms with van der Waals surface area (Å²) in [4.78, 5) is 4.92. The number of aromatic nitrogens is 4. The third-order valence-corrected chi connectivity index (χ3v) is 5.97. The number of piperazine rings is 1. The lowest BCUT2D eigenvalue weighted by Crippen LogP contribution is -2.49. The number of hydrogen-bond donors (Lipinski definition) is 0. The SMILES string of the molecule is CC(C)[C@@H](c1nnnn1C[C@H]1CCCO1)N1CCN(c2cccc(Cl)c2)CC1. The van der Waals surface area contributed by atoms with E-state index in [1.54, 1.807) is 0 Å². The molecule has 2 aliphatic rings. The van der Waals surface area contributed by atoms with Crippen LogP contribution in [0.15, 0.2) is 24.3 Å². The standard InChI is InChI=1S/C20H29ClN6O/c1-15(2)19(20-22-23-24-27(20)14-18-7-4-12-28-18)26-10-8-25(9-11-26)17-6-3-5-16(21)13-17/h3,5-6,13,15,18-19H,4,7-12,14H2,1-2H3/t18-,19+/m1/s1. The number of benzene rings is 1. The van der Waals surface area contributed by atoms with Crippen molar-refractivity contribution in [3.63, 3.8) is 0 Å². The number of rotatable bonds is 6. The van der Waals surface area contributed by atoms with Crippen LogP contribution in [-0.4, -0.2) is 64.0 Å². The van der Waals surface area contributed by atoms with E-state index < -0.39 is 0 Å². The maximum absolute atomic E-state index is 6.17. The zero-order chi connectivity index (χ0) is 19.5. The van der Waals surface area contributed by atoms with Crippen molar-refractivity contribution in [3.05, 3.63) is 35.1 Å². The maximum Gasteiger partial charge on any atom is 0.168 e. The Bertz CT molecular complexity index is 768. The molecule has 0 aliphatic carbocycles. The molecule has 0 unspecified atom stereocenters. The van der Waals surface area contributed by atoms with Crippen molar-refractivity contribution in [2.45, 2.75) is 45.4 Å². The molecular formula is C20H29ClN6O. The van der Waals surface area contributed by atoms with Crippen molar-refractivity contribution >= 4 is 17.3 Å². The Morgan fingerprint density at radius 2 is 2.04 bits per heavy atom. The fourth-order valence-corrected chi connectivity index (χ4v) is 4.53. The van der Waals surface area contributed by atoms with Gasteiger partial charge in [0.1, 0.15) is 0 Å². The minimum absolute atomic E-state index is 0.206. The van der Waals surface area contributed by atoms with Gasteiger partial charge in [0.15, 0.2) is 5.82 Å². The highest BCUT2D eigenvalue weighted by Crippen LogP contribution is 2.30. The van der Waals surface area contributed by atoms with Crippen LogP contribution >= 0.6 is 11.6 Å². The van der Waals surface area contributed by atoms with E-state index in [4.69, 9.17) is 16.3 Å². The minimum atomic E-state index is 0.206. The molecule has 28 heavy (non-hydrogen) atoms. The molecule has 2 aromatic rings. The fourth-order valence-electron chi connectivity index (χ4n) is 4.35. The first-order chi connectivity index (χ1) is 13.6. The van der Waals surface area contributed by atoms with Crippen molar-refractivity contribution < 1.29 is 4.74 Å². The lowest BCUT2D eigenvalue weighted by atomic mass is 10.0. The van der Waals surface area contributed by atoms with Gasteiger partial charge in [0, 0.05) is 43.5 Å². The van der Waals surface area contributed by atoms with Crippen LogP contribution in [0.4, 0.5) is 5.69 Å². The van der Waals surface area contributed by atoms with Crippen molar-refractivity contribution in [2.75, 3.05) is 37.7 Å². The monoisotopic (exact) mass is 404 g/mol. The van der Waals surface area contributed by atoms with Gasteiger partial charge in [-0.3, -0.25) is 4.90 Å². The molecule has 1 aromatic carbocycles. The summed E-state index contributed by atoms with van der Waals surface area (Å²) < 4.78 is 7.75. The van der Waals surface area contributed by atoms with Gasteiger partial charge in [-0.1, -0.05) is 31.5 Å². The molecule has 0 N–H and O–H groups in total. The summed E-state index contributed by atoms with van der Waals surface area (Å²) in [5.41, 5.74) is 1.19. The van der Waals surface area contributed by atoms with Gasteiger partial charge in [0.05, 0.1) is 18.7 Å². The largest absolute Gasteiger partial charge is 0.376 e. The normalized spacial score (nSPS) is 22.1. The molecule has 4 rings (SSSR count). The van der Waals surface area contributed by atoms with E-state index in [2.05, 4.69) is 45.2 Å². The lowest BCUT2D eigenvalue weighted by Gasteiger charge is -2.41. The van der Waals surface area contributed by atoms with E-state index in [0.717, 1.165) is 63.0 Å². The van der Waals surface area contributed by atoms with Gasteiger partial charge in [-0.25, -0.2) is 4.68 Å². The Labute approximate surface area is 171 Å². The van der Waals surface area contributed by atoms with Crippen molar-refractivity contribution in [1.82, 2.24) is 25.1 Å². The fraction of sp³-hybridized carbons (Fsp3) is 0.650. The van der Waals surface area contributed by atoms with Crippen molar-refractivity contribution in [2.24, 2.45) is 5.92 Å². The molecule has 0 spiro atoms. The second kappa shape index (κ2) is 8.76. The molecule has 3 heterocycles. The highest BCUT2D eigenvalue weighted by molar-refractivity contribution is 6.30. The van der Waals surface area contributed by atoms with Crippen LogP contribution in [0.2, 0.25) is 5.02 Å². The summed E-state index contributed by atoms with van der Waals surface area (Å²) >= 11 is 6.17. The summed E-state index contributed by atoms with van der Waals surface area (Å²) in [6, 6.07) is 8.31. The second-order valence-corrected chi connectivity index (χ2v) is 8.48. The third kappa shape index (κ3) is 4.31. The van der Waals surface area contributed by atoms with Gasteiger partial charge >= 0.3 is 0 Å². The molecule has 0 radical (unpaired) electrons.